The molecular weight excluding hydrogens is 590 g/mol. The molecule has 45 heavy (non-hydrogen) atoms. The van der Waals surface area contributed by atoms with Gasteiger partial charge in [0, 0.05) is 26.1 Å². The number of sulfonamides is 1. The summed E-state index contributed by atoms with van der Waals surface area (Å²) < 4.78 is 40.6. The molecule has 0 fully saturated rings. The first-order chi connectivity index (χ1) is 21.6. The fraction of sp³-hybridized carbons (Fsp3) is 0.257. The Morgan fingerprint density at radius 2 is 1.49 bits per heavy atom. The van der Waals surface area contributed by atoms with Crippen LogP contribution in [0.4, 0.5) is 5.69 Å². The van der Waals surface area contributed by atoms with Crippen LogP contribution in [0, 0.1) is 13.8 Å². The molecule has 0 bridgehead atoms. The summed E-state index contributed by atoms with van der Waals surface area (Å²) in [4.78, 5) is 29.4. The van der Waals surface area contributed by atoms with Crippen molar-refractivity contribution in [3.63, 3.8) is 0 Å². The highest BCUT2D eigenvalue weighted by atomic mass is 32.2. The van der Waals surface area contributed by atoms with Gasteiger partial charge in [0.15, 0.2) is 0 Å². The van der Waals surface area contributed by atoms with Gasteiger partial charge in [0.05, 0.1) is 24.8 Å². The van der Waals surface area contributed by atoms with Crippen molar-refractivity contribution in [3.8, 4) is 11.5 Å². The molecule has 4 aromatic carbocycles. The van der Waals surface area contributed by atoms with E-state index in [-0.39, 0.29) is 35.2 Å². The van der Waals surface area contributed by atoms with Crippen molar-refractivity contribution >= 4 is 27.5 Å². The Balaban J connectivity index is 1.85. The minimum Gasteiger partial charge on any atom is -0.497 e. The van der Waals surface area contributed by atoms with Gasteiger partial charge in [-0.2, -0.15) is 0 Å². The summed E-state index contributed by atoms with van der Waals surface area (Å²) in [7, 11) is 0.116. The highest BCUT2D eigenvalue weighted by Gasteiger charge is 2.35. The number of carbonyl (C=O) groups is 2. The van der Waals surface area contributed by atoms with Gasteiger partial charge in [0.1, 0.15) is 24.1 Å². The maximum absolute atomic E-state index is 14.5. The molecular formula is C35H39N3O6S. The Hall–Kier alpha value is -4.83. The number of nitrogens with one attached hydrogen (secondary N) is 1. The Morgan fingerprint density at radius 1 is 0.800 bits per heavy atom. The Kier molecular flexibility index (Phi) is 10.9. The van der Waals surface area contributed by atoms with Gasteiger partial charge in [-0.3, -0.25) is 13.9 Å². The van der Waals surface area contributed by atoms with Crippen LogP contribution in [0.1, 0.15) is 22.3 Å². The fourth-order valence-electron chi connectivity index (χ4n) is 5.07. The summed E-state index contributed by atoms with van der Waals surface area (Å²) in [6, 6.07) is 27.3. The van der Waals surface area contributed by atoms with Crippen LogP contribution < -0.4 is 19.1 Å². The van der Waals surface area contributed by atoms with Crippen LogP contribution in [0.5, 0.6) is 11.5 Å². The van der Waals surface area contributed by atoms with E-state index >= 15 is 0 Å². The molecule has 0 spiro atoms. The number of carbonyl (C=O) groups excluding carboxylic acids is 2. The molecule has 0 saturated carbocycles. The largest absolute Gasteiger partial charge is 0.497 e. The predicted molar refractivity (Wildman–Crippen MR) is 175 cm³/mol. The van der Waals surface area contributed by atoms with E-state index < -0.39 is 28.5 Å². The zero-order valence-corrected chi connectivity index (χ0v) is 27.0. The van der Waals surface area contributed by atoms with Gasteiger partial charge in [0.25, 0.3) is 10.0 Å². The second-order valence-corrected chi connectivity index (χ2v) is 12.6. The summed E-state index contributed by atoms with van der Waals surface area (Å²) in [6.45, 7) is 3.28. The maximum Gasteiger partial charge on any atom is 0.264 e. The molecule has 0 aliphatic heterocycles. The lowest BCUT2D eigenvalue weighted by molar-refractivity contribution is -0.139. The molecule has 2 amide bonds. The molecule has 0 radical (unpaired) electrons. The van der Waals surface area contributed by atoms with Crippen LogP contribution in [0.2, 0.25) is 0 Å². The number of aryl methyl sites for hydroxylation is 2. The van der Waals surface area contributed by atoms with Crippen molar-refractivity contribution in [1.29, 1.82) is 0 Å². The number of likely N-dealkylation sites (N-methyl/N-ethyl adjacent to an activating group) is 1. The predicted octanol–water partition coefficient (Wildman–Crippen LogP) is 4.90. The van der Waals surface area contributed by atoms with Crippen molar-refractivity contribution < 1.29 is 27.5 Å². The highest BCUT2D eigenvalue weighted by molar-refractivity contribution is 7.92. The Bertz CT molecular complexity index is 1730. The fourth-order valence-corrected chi connectivity index (χ4v) is 6.49. The quantitative estimate of drug-likeness (QED) is 0.226. The molecule has 236 valence electrons. The van der Waals surface area contributed by atoms with E-state index in [2.05, 4.69) is 5.32 Å². The van der Waals surface area contributed by atoms with Crippen molar-refractivity contribution in [3.05, 3.63) is 119 Å². The molecule has 10 heteroatoms. The molecule has 0 aliphatic rings. The second kappa shape index (κ2) is 14.8. The van der Waals surface area contributed by atoms with Crippen LogP contribution in [-0.4, -0.2) is 59.0 Å². The summed E-state index contributed by atoms with van der Waals surface area (Å²) >= 11 is 0. The molecule has 0 unspecified atom stereocenters. The summed E-state index contributed by atoms with van der Waals surface area (Å²) in [5, 5.41) is 2.70. The number of amides is 2. The van der Waals surface area contributed by atoms with E-state index in [1.807, 2.05) is 68.4 Å². The van der Waals surface area contributed by atoms with Crippen LogP contribution in [0.15, 0.2) is 102 Å². The summed E-state index contributed by atoms with van der Waals surface area (Å²) in [5.74, 6) is -0.323. The first-order valence-electron chi connectivity index (χ1n) is 14.5. The van der Waals surface area contributed by atoms with E-state index in [1.165, 1.54) is 44.4 Å². The lowest BCUT2D eigenvalue weighted by atomic mass is 10.0. The van der Waals surface area contributed by atoms with E-state index in [1.54, 1.807) is 24.3 Å². The van der Waals surface area contributed by atoms with E-state index in [9.17, 15) is 18.0 Å². The minimum atomic E-state index is -4.30. The smallest absolute Gasteiger partial charge is 0.264 e. The van der Waals surface area contributed by atoms with Crippen molar-refractivity contribution in [1.82, 2.24) is 10.2 Å². The summed E-state index contributed by atoms with van der Waals surface area (Å²) in [5.41, 5.74) is 3.66. The van der Waals surface area contributed by atoms with Gasteiger partial charge < -0.3 is 19.7 Å². The number of hydrogen-bond acceptors (Lipinski definition) is 6. The Morgan fingerprint density at radius 3 is 2.11 bits per heavy atom. The Labute approximate surface area is 265 Å². The number of ether oxygens (including phenoxy) is 2. The third-order valence-electron chi connectivity index (χ3n) is 7.50. The third kappa shape index (κ3) is 8.02. The summed E-state index contributed by atoms with van der Waals surface area (Å²) in [6.07, 6.45) is 0.227. The molecule has 0 heterocycles. The molecule has 1 N–H and O–H groups in total. The normalized spacial score (nSPS) is 11.8. The SMILES string of the molecule is CNC(=O)[C@@H](Cc1ccccc1)N(Cc1cccc(C)c1)C(=O)CN(c1cc(OC)ccc1OC)S(=O)(=O)c1ccc(C)cc1. The first kappa shape index (κ1) is 33.1. The van der Waals surface area contributed by atoms with Gasteiger partial charge in [0.2, 0.25) is 11.8 Å². The number of methoxy groups -OCH3 is 2. The number of rotatable bonds is 13. The number of benzene rings is 4. The lowest BCUT2D eigenvalue weighted by Crippen LogP contribution is -2.53. The molecule has 4 rings (SSSR count). The van der Waals surface area contributed by atoms with Crippen molar-refractivity contribution in [2.75, 3.05) is 32.1 Å². The lowest BCUT2D eigenvalue weighted by Gasteiger charge is -2.34. The average Bonchev–Trinajstić information content (AvgIpc) is 3.05. The van der Waals surface area contributed by atoms with Crippen molar-refractivity contribution in [2.24, 2.45) is 0 Å². The number of hydrogen-bond donors (Lipinski definition) is 1. The van der Waals surface area contributed by atoms with Gasteiger partial charge in [-0.1, -0.05) is 77.9 Å². The van der Waals surface area contributed by atoms with Crippen molar-refractivity contribution in [2.45, 2.75) is 37.8 Å². The number of anilines is 1. The van der Waals surface area contributed by atoms with Gasteiger partial charge in [-0.05, 0) is 49.2 Å². The molecule has 0 aromatic heterocycles. The highest BCUT2D eigenvalue weighted by Crippen LogP contribution is 2.36. The van der Waals surface area contributed by atoms with Crippen LogP contribution in [0.3, 0.4) is 0 Å². The molecule has 9 nitrogen and oxygen atoms in total. The molecule has 4 aromatic rings. The van der Waals surface area contributed by atoms with Gasteiger partial charge in [-0.25, -0.2) is 8.42 Å². The standard InChI is InChI=1S/C35H39N3O6S/c1-25-14-17-30(18-15-25)45(41,42)38(31-22-29(43-4)16-19-33(31)44-5)24-34(39)37(23-28-13-9-10-26(2)20-28)32(35(40)36-3)21-27-11-7-6-8-12-27/h6-20,22,32H,21,23-24H2,1-5H3,(H,36,40)/t32-/m1/s1. The van der Waals surface area contributed by atoms with Crippen LogP contribution in [-0.2, 0) is 32.6 Å². The number of nitrogens with zero attached hydrogens (tertiary/aromatic N) is 2. The molecule has 0 aliphatic carbocycles. The van der Waals surface area contributed by atoms with Crippen LogP contribution in [0.25, 0.3) is 0 Å². The van der Waals surface area contributed by atoms with E-state index in [0.29, 0.717) is 5.75 Å². The van der Waals surface area contributed by atoms with Gasteiger partial charge >= 0.3 is 0 Å². The first-order valence-corrected chi connectivity index (χ1v) is 15.9. The average molecular weight is 630 g/mol. The monoisotopic (exact) mass is 629 g/mol. The van der Waals surface area contributed by atoms with E-state index in [0.717, 1.165) is 26.6 Å². The zero-order valence-electron chi connectivity index (χ0n) is 26.2. The maximum atomic E-state index is 14.5. The van der Waals surface area contributed by atoms with Gasteiger partial charge in [-0.15, -0.1) is 0 Å². The molecule has 1 atom stereocenters. The van der Waals surface area contributed by atoms with E-state index in [4.69, 9.17) is 9.47 Å². The minimum absolute atomic E-state index is 0.00291. The topological polar surface area (TPSA) is 105 Å². The molecule has 0 saturated heterocycles. The third-order valence-corrected chi connectivity index (χ3v) is 9.27. The second-order valence-electron chi connectivity index (χ2n) is 10.7. The van der Waals surface area contributed by atoms with Crippen LogP contribution >= 0.6 is 0 Å². The zero-order chi connectivity index (χ0) is 32.6.